The van der Waals surface area contributed by atoms with Crippen LogP contribution in [0.1, 0.15) is 46.3 Å². The van der Waals surface area contributed by atoms with Gasteiger partial charge in [-0.25, -0.2) is 9.69 Å². The van der Waals surface area contributed by atoms with Crippen LogP contribution in [0.5, 0.6) is 5.75 Å². The first-order chi connectivity index (χ1) is 13.1. The molecule has 28 heavy (non-hydrogen) atoms. The van der Waals surface area contributed by atoms with E-state index in [4.69, 9.17) is 14.2 Å². The fourth-order valence-electron chi connectivity index (χ4n) is 3.98. The van der Waals surface area contributed by atoms with Crippen LogP contribution in [-0.2, 0) is 14.3 Å². The van der Waals surface area contributed by atoms with E-state index in [1.54, 1.807) is 20.3 Å². The maximum Gasteiger partial charge on any atom is 0.417 e. The number of hydrogen-bond acceptors (Lipinski definition) is 5. The van der Waals surface area contributed by atoms with Gasteiger partial charge in [0.15, 0.2) is 0 Å². The van der Waals surface area contributed by atoms with Crippen molar-refractivity contribution in [2.24, 2.45) is 11.8 Å². The standard InChI is InChI=1S/C22H31NO5/c1-14(2)20-22(4,5)28-21(25)23(20)18(24)12-11-15(3)19(27-7)16-9-8-10-17(13-16)26-6/h8-15,19-20H,1-7H3/b12-11+/t15-,19+,20-/m0/s1. The van der Waals surface area contributed by atoms with Gasteiger partial charge < -0.3 is 14.2 Å². The summed E-state index contributed by atoms with van der Waals surface area (Å²) in [5.41, 5.74) is 0.240. The number of benzene rings is 1. The molecular formula is C22H31NO5. The van der Waals surface area contributed by atoms with Gasteiger partial charge in [0.05, 0.1) is 19.3 Å². The molecule has 6 nitrogen and oxygen atoms in total. The molecule has 1 aromatic rings. The zero-order valence-electron chi connectivity index (χ0n) is 17.8. The van der Waals surface area contributed by atoms with Crippen LogP contribution < -0.4 is 4.74 Å². The summed E-state index contributed by atoms with van der Waals surface area (Å²) in [6.45, 7) is 9.58. The molecule has 154 valence electrons. The van der Waals surface area contributed by atoms with E-state index in [-0.39, 0.29) is 29.9 Å². The number of methoxy groups -OCH3 is 2. The highest BCUT2D eigenvalue weighted by Gasteiger charge is 2.51. The molecule has 3 atom stereocenters. The third-order valence-electron chi connectivity index (χ3n) is 5.10. The van der Waals surface area contributed by atoms with Gasteiger partial charge in [-0.15, -0.1) is 0 Å². The number of hydrogen-bond donors (Lipinski definition) is 0. The third kappa shape index (κ3) is 4.55. The Morgan fingerprint density at radius 1 is 1.25 bits per heavy atom. The number of imide groups is 1. The van der Waals surface area contributed by atoms with E-state index in [9.17, 15) is 9.59 Å². The normalized spacial score (nSPS) is 21.1. The minimum atomic E-state index is -0.712. The van der Waals surface area contributed by atoms with Gasteiger partial charge in [0.25, 0.3) is 5.91 Å². The Kier molecular flexibility index (Phi) is 6.88. The van der Waals surface area contributed by atoms with Gasteiger partial charge in [-0.05, 0) is 37.5 Å². The Labute approximate surface area is 167 Å². The molecule has 1 aliphatic rings. The summed E-state index contributed by atoms with van der Waals surface area (Å²) in [6.07, 6.45) is 2.37. The zero-order valence-corrected chi connectivity index (χ0v) is 17.8. The van der Waals surface area contributed by atoms with Crippen LogP contribution in [0.2, 0.25) is 0 Å². The summed E-state index contributed by atoms with van der Waals surface area (Å²) in [5.74, 6) is 0.361. The highest BCUT2D eigenvalue weighted by Crippen LogP contribution is 2.34. The summed E-state index contributed by atoms with van der Waals surface area (Å²) in [4.78, 5) is 26.3. The fourth-order valence-corrected chi connectivity index (χ4v) is 3.98. The van der Waals surface area contributed by atoms with Gasteiger partial charge in [0, 0.05) is 19.1 Å². The lowest BCUT2D eigenvalue weighted by atomic mass is 9.89. The van der Waals surface area contributed by atoms with Crippen LogP contribution >= 0.6 is 0 Å². The Morgan fingerprint density at radius 3 is 2.50 bits per heavy atom. The van der Waals surface area contributed by atoms with Crippen molar-refractivity contribution in [3.05, 3.63) is 42.0 Å². The number of rotatable bonds is 7. The fraction of sp³-hybridized carbons (Fsp3) is 0.545. The molecule has 2 rings (SSSR count). The maximum atomic E-state index is 12.8. The van der Waals surface area contributed by atoms with Gasteiger partial charge in [-0.3, -0.25) is 4.79 Å². The second kappa shape index (κ2) is 8.78. The molecule has 1 aromatic carbocycles. The number of carbonyl (C=O) groups excluding carboxylic acids is 2. The molecule has 1 fully saturated rings. The van der Waals surface area contributed by atoms with Gasteiger partial charge in [-0.1, -0.05) is 39.0 Å². The van der Waals surface area contributed by atoms with Gasteiger partial charge in [0.1, 0.15) is 11.4 Å². The van der Waals surface area contributed by atoms with Crippen molar-refractivity contribution >= 4 is 12.0 Å². The Balaban J connectivity index is 2.18. The van der Waals surface area contributed by atoms with E-state index >= 15 is 0 Å². The summed E-state index contributed by atoms with van der Waals surface area (Å²) < 4.78 is 16.3. The first kappa shape index (κ1) is 22.0. The van der Waals surface area contributed by atoms with Crippen molar-refractivity contribution in [3.63, 3.8) is 0 Å². The quantitative estimate of drug-likeness (QED) is 0.649. The SMILES string of the molecule is COc1cccc([C@H](OC)[C@@H](C)/C=C/C(=O)N2C(=O)OC(C)(C)[C@@H]2C(C)C)c1. The van der Waals surface area contributed by atoms with Crippen LogP contribution in [0.25, 0.3) is 0 Å². The van der Waals surface area contributed by atoms with Crippen molar-refractivity contribution in [2.75, 3.05) is 14.2 Å². The van der Waals surface area contributed by atoms with E-state index in [0.29, 0.717) is 0 Å². The molecule has 1 saturated heterocycles. The predicted octanol–water partition coefficient (Wildman–Crippen LogP) is 4.36. The molecular weight excluding hydrogens is 358 g/mol. The first-order valence-electron chi connectivity index (χ1n) is 9.53. The average molecular weight is 389 g/mol. The molecule has 0 aromatic heterocycles. The van der Waals surface area contributed by atoms with E-state index in [1.165, 1.54) is 11.0 Å². The van der Waals surface area contributed by atoms with E-state index in [0.717, 1.165) is 11.3 Å². The van der Waals surface area contributed by atoms with Gasteiger partial charge >= 0.3 is 6.09 Å². The summed E-state index contributed by atoms with van der Waals surface area (Å²) in [7, 11) is 3.25. The molecule has 1 heterocycles. The molecule has 0 bridgehead atoms. The Bertz CT molecular complexity index is 740. The second-order valence-corrected chi connectivity index (χ2v) is 8.02. The number of nitrogens with zero attached hydrogens (tertiary/aromatic N) is 1. The largest absolute Gasteiger partial charge is 0.497 e. The van der Waals surface area contributed by atoms with E-state index < -0.39 is 11.7 Å². The molecule has 0 saturated carbocycles. The summed E-state index contributed by atoms with van der Waals surface area (Å²) in [6, 6.07) is 7.32. The minimum absolute atomic E-state index is 0.0831. The Hall–Kier alpha value is -2.34. The van der Waals surface area contributed by atoms with Gasteiger partial charge in [-0.2, -0.15) is 0 Å². The van der Waals surface area contributed by atoms with E-state index in [2.05, 4.69) is 0 Å². The van der Waals surface area contributed by atoms with Crippen molar-refractivity contribution in [1.29, 1.82) is 0 Å². The average Bonchev–Trinajstić information content (AvgIpc) is 2.89. The lowest BCUT2D eigenvalue weighted by Crippen LogP contribution is -2.47. The Morgan fingerprint density at radius 2 is 1.93 bits per heavy atom. The van der Waals surface area contributed by atoms with Crippen LogP contribution in [0.15, 0.2) is 36.4 Å². The molecule has 6 heteroatoms. The number of amides is 2. The molecule has 0 N–H and O–H groups in total. The van der Waals surface area contributed by atoms with Crippen LogP contribution in [0.4, 0.5) is 4.79 Å². The highest BCUT2D eigenvalue weighted by molar-refractivity contribution is 6.00. The van der Waals surface area contributed by atoms with Gasteiger partial charge in [0.2, 0.25) is 0 Å². The maximum absolute atomic E-state index is 12.8. The first-order valence-corrected chi connectivity index (χ1v) is 9.53. The van der Waals surface area contributed by atoms with Crippen LogP contribution in [0, 0.1) is 11.8 Å². The molecule has 1 aliphatic heterocycles. The molecule has 0 radical (unpaired) electrons. The van der Waals surface area contributed by atoms with Crippen molar-refractivity contribution < 1.29 is 23.8 Å². The third-order valence-corrected chi connectivity index (χ3v) is 5.10. The smallest absolute Gasteiger partial charge is 0.417 e. The second-order valence-electron chi connectivity index (χ2n) is 8.02. The number of ether oxygens (including phenoxy) is 3. The van der Waals surface area contributed by atoms with Crippen molar-refractivity contribution in [2.45, 2.75) is 52.4 Å². The van der Waals surface area contributed by atoms with E-state index in [1.807, 2.05) is 58.9 Å². The van der Waals surface area contributed by atoms with Crippen LogP contribution in [-0.4, -0.2) is 42.8 Å². The minimum Gasteiger partial charge on any atom is -0.497 e. The predicted molar refractivity (Wildman–Crippen MR) is 107 cm³/mol. The molecule has 0 unspecified atom stereocenters. The lowest BCUT2D eigenvalue weighted by Gasteiger charge is -2.30. The zero-order chi connectivity index (χ0) is 21.1. The summed E-state index contributed by atoms with van der Waals surface area (Å²) >= 11 is 0. The van der Waals surface area contributed by atoms with Crippen molar-refractivity contribution in [1.82, 2.24) is 4.90 Å². The molecule has 0 aliphatic carbocycles. The molecule has 0 spiro atoms. The number of cyclic esters (lactones) is 1. The lowest BCUT2D eigenvalue weighted by molar-refractivity contribution is -0.125. The summed E-state index contributed by atoms with van der Waals surface area (Å²) in [5, 5.41) is 0. The topological polar surface area (TPSA) is 65.1 Å². The van der Waals surface area contributed by atoms with Crippen molar-refractivity contribution in [3.8, 4) is 5.75 Å². The highest BCUT2D eigenvalue weighted by atomic mass is 16.6. The monoisotopic (exact) mass is 389 g/mol. The van der Waals surface area contributed by atoms with Crippen LogP contribution in [0.3, 0.4) is 0 Å². The molecule has 2 amide bonds. The number of carbonyl (C=O) groups is 2.